The first-order valence-electron chi connectivity index (χ1n) is 7.49. The number of para-hydroxylation sites is 1. The zero-order valence-electron chi connectivity index (χ0n) is 12.4. The zero-order valence-corrected chi connectivity index (χ0v) is 12.4. The zero-order chi connectivity index (χ0) is 16.3. The number of halogens is 2. The fraction of sp³-hybridized carbons (Fsp3) is 0.0556. The minimum atomic E-state index is -0.672. The first-order valence-corrected chi connectivity index (χ1v) is 7.49. The van der Waals surface area contributed by atoms with Crippen LogP contribution in [-0.4, -0.2) is 27.9 Å². The number of aromatic nitrogens is 2. The maximum absolute atomic E-state index is 14.4. The molecule has 0 N–H and O–H groups in total. The second-order valence-corrected chi connectivity index (χ2v) is 5.61. The molecule has 0 radical (unpaired) electrons. The molecule has 2 aliphatic rings. The Bertz CT molecular complexity index is 1090. The molecule has 0 atom stereocenters. The lowest BCUT2D eigenvalue weighted by molar-refractivity contribution is 0.577. The van der Waals surface area contributed by atoms with Crippen molar-refractivity contribution in [3.8, 4) is 0 Å². The van der Waals surface area contributed by atoms with Gasteiger partial charge in [-0.15, -0.1) is 0 Å². The molecule has 5 rings (SSSR count). The first kappa shape index (κ1) is 13.3. The minimum absolute atomic E-state index is 0.131. The molecule has 0 fully saturated rings. The topological polar surface area (TPSA) is 42.5 Å². The predicted molar refractivity (Wildman–Crippen MR) is 87.5 cm³/mol. The van der Waals surface area contributed by atoms with Crippen molar-refractivity contribution in [1.82, 2.24) is 9.78 Å². The second kappa shape index (κ2) is 4.67. The Morgan fingerprint density at radius 3 is 2.62 bits per heavy atom. The third-order valence-electron chi connectivity index (χ3n) is 4.24. The molecule has 3 aromatic rings. The highest BCUT2D eigenvalue weighted by molar-refractivity contribution is 6.24. The molecule has 1 aromatic heterocycles. The number of fused-ring (bicyclic) bond motifs is 2. The van der Waals surface area contributed by atoms with Crippen LogP contribution in [0.1, 0.15) is 11.1 Å². The van der Waals surface area contributed by atoms with Gasteiger partial charge in [0.25, 0.3) is 0 Å². The maximum Gasteiger partial charge on any atom is 0.167 e. The van der Waals surface area contributed by atoms with E-state index in [1.165, 1.54) is 22.9 Å². The van der Waals surface area contributed by atoms with Crippen LogP contribution in [0, 0.1) is 11.6 Å². The number of benzene rings is 2. The van der Waals surface area contributed by atoms with Crippen molar-refractivity contribution >= 4 is 22.5 Å². The lowest BCUT2D eigenvalue weighted by atomic mass is 10.1. The van der Waals surface area contributed by atoms with Gasteiger partial charge in [-0.3, -0.25) is 4.99 Å². The van der Waals surface area contributed by atoms with Crippen LogP contribution in [-0.2, 0) is 0 Å². The summed E-state index contributed by atoms with van der Waals surface area (Å²) in [4.78, 5) is 8.99. The van der Waals surface area contributed by atoms with Crippen molar-refractivity contribution in [3.63, 3.8) is 0 Å². The van der Waals surface area contributed by atoms with E-state index in [1.807, 2.05) is 24.3 Å². The van der Waals surface area contributed by atoms with Crippen LogP contribution in [0.25, 0.3) is 10.9 Å². The van der Waals surface area contributed by atoms with Gasteiger partial charge >= 0.3 is 0 Å². The number of aliphatic imine (C=N–C) groups is 2. The van der Waals surface area contributed by atoms with E-state index in [-0.39, 0.29) is 11.4 Å². The van der Waals surface area contributed by atoms with E-state index < -0.39 is 11.6 Å². The van der Waals surface area contributed by atoms with Gasteiger partial charge in [-0.25, -0.2) is 18.5 Å². The smallest absolute Gasteiger partial charge is 0.167 e. The highest BCUT2D eigenvalue weighted by atomic mass is 19.1. The van der Waals surface area contributed by atoms with Crippen LogP contribution < -0.4 is 0 Å². The van der Waals surface area contributed by atoms with Gasteiger partial charge in [0.15, 0.2) is 5.84 Å². The average Bonchev–Trinajstić information content (AvgIpc) is 3.17. The van der Waals surface area contributed by atoms with Gasteiger partial charge in [0, 0.05) is 10.9 Å². The van der Waals surface area contributed by atoms with E-state index in [4.69, 9.17) is 0 Å². The third-order valence-corrected chi connectivity index (χ3v) is 4.24. The van der Waals surface area contributed by atoms with Gasteiger partial charge < -0.3 is 0 Å². The van der Waals surface area contributed by atoms with Crippen molar-refractivity contribution in [2.45, 2.75) is 0 Å². The Kier molecular flexibility index (Phi) is 2.59. The van der Waals surface area contributed by atoms with Gasteiger partial charge in [-0.1, -0.05) is 24.3 Å². The highest BCUT2D eigenvalue weighted by Crippen LogP contribution is 2.29. The van der Waals surface area contributed by atoms with Crippen LogP contribution >= 0.6 is 0 Å². The summed E-state index contributed by atoms with van der Waals surface area (Å²) in [6.07, 6.45) is 3.51. The van der Waals surface area contributed by atoms with Crippen LogP contribution in [0.3, 0.4) is 0 Å². The molecule has 0 aliphatic carbocycles. The minimum Gasteiger partial charge on any atom is -0.278 e. The number of hydrogen-bond donors (Lipinski definition) is 0. The van der Waals surface area contributed by atoms with E-state index in [1.54, 1.807) is 6.20 Å². The lowest BCUT2D eigenvalue weighted by Crippen LogP contribution is -2.18. The molecule has 0 amide bonds. The summed E-state index contributed by atoms with van der Waals surface area (Å²) in [5, 5.41) is 5.19. The van der Waals surface area contributed by atoms with Crippen LogP contribution in [0.4, 0.5) is 8.78 Å². The monoisotopic (exact) mass is 320 g/mol. The summed E-state index contributed by atoms with van der Waals surface area (Å²) in [6, 6.07) is 9.51. The van der Waals surface area contributed by atoms with Gasteiger partial charge in [0.1, 0.15) is 11.6 Å². The van der Waals surface area contributed by atoms with E-state index in [9.17, 15) is 8.78 Å². The van der Waals surface area contributed by atoms with Gasteiger partial charge in [0.2, 0.25) is 0 Å². The quantitative estimate of drug-likeness (QED) is 0.678. The number of hydrogen-bond acceptors (Lipinski definition) is 3. The van der Waals surface area contributed by atoms with Crippen LogP contribution in [0.2, 0.25) is 0 Å². The molecule has 6 heteroatoms. The lowest BCUT2D eigenvalue weighted by Gasteiger charge is -2.09. The van der Waals surface area contributed by atoms with Crippen LogP contribution in [0.5, 0.6) is 0 Å². The molecule has 0 spiro atoms. The Hall–Kier alpha value is -3.15. The molecule has 0 saturated carbocycles. The van der Waals surface area contributed by atoms with Crippen molar-refractivity contribution in [1.29, 1.82) is 0 Å². The van der Waals surface area contributed by atoms with E-state index in [0.717, 1.165) is 22.2 Å². The van der Waals surface area contributed by atoms with E-state index in [2.05, 4.69) is 15.1 Å². The number of nitrogens with zero attached hydrogens (tertiary/aromatic N) is 4. The third kappa shape index (κ3) is 1.68. The van der Waals surface area contributed by atoms with E-state index in [0.29, 0.717) is 12.2 Å². The van der Waals surface area contributed by atoms with E-state index >= 15 is 0 Å². The number of allylic oxidation sites excluding steroid dienone is 1. The molecular formula is C18H10F2N4. The Morgan fingerprint density at radius 2 is 1.79 bits per heavy atom. The molecule has 4 nitrogen and oxygen atoms in total. The fourth-order valence-electron chi connectivity index (χ4n) is 3.19. The highest BCUT2D eigenvalue weighted by Gasteiger charge is 2.28. The molecule has 0 bridgehead atoms. The largest absolute Gasteiger partial charge is 0.278 e. The van der Waals surface area contributed by atoms with Crippen molar-refractivity contribution in [2.75, 3.05) is 6.54 Å². The Labute approximate surface area is 135 Å². The Morgan fingerprint density at radius 1 is 1.00 bits per heavy atom. The first-order chi connectivity index (χ1) is 11.7. The van der Waals surface area contributed by atoms with Gasteiger partial charge in [0.05, 0.1) is 35.2 Å². The summed E-state index contributed by atoms with van der Waals surface area (Å²) in [6.45, 7) is 0.506. The molecule has 0 saturated heterocycles. The van der Waals surface area contributed by atoms with Crippen molar-refractivity contribution < 1.29 is 8.78 Å². The maximum atomic E-state index is 14.4. The standard InChI is InChI=1S/C18H10F2N4/c19-12-5-2-6-13(20)15(12)18-23-14-7-8-21-16(14)11-4-1-3-10-9-22-24(18)17(10)11/h1-7,9H,8H2. The summed E-state index contributed by atoms with van der Waals surface area (Å²) >= 11 is 0. The van der Waals surface area contributed by atoms with Gasteiger partial charge in [-0.05, 0) is 18.2 Å². The molecular weight excluding hydrogens is 310 g/mol. The summed E-state index contributed by atoms with van der Waals surface area (Å²) in [5.41, 5.74) is 2.78. The average molecular weight is 320 g/mol. The molecule has 2 aromatic carbocycles. The predicted octanol–water partition coefficient (Wildman–Crippen LogP) is 3.31. The molecule has 3 heterocycles. The molecule has 116 valence electrons. The van der Waals surface area contributed by atoms with Crippen LogP contribution in [0.15, 0.2) is 64.4 Å². The Balaban J connectivity index is 1.93. The molecule has 24 heavy (non-hydrogen) atoms. The number of rotatable bonds is 1. The molecule has 2 aliphatic heterocycles. The summed E-state index contributed by atoms with van der Waals surface area (Å²) < 4.78 is 30.2. The van der Waals surface area contributed by atoms with Gasteiger partial charge in [-0.2, -0.15) is 5.10 Å². The summed E-state index contributed by atoms with van der Waals surface area (Å²) in [7, 11) is 0. The second-order valence-electron chi connectivity index (χ2n) is 5.61. The normalized spacial score (nSPS) is 15.7. The fourth-order valence-corrected chi connectivity index (χ4v) is 3.19. The SMILES string of the molecule is Fc1cccc(F)c1C1=NC2=CCN=C2c2cccc3cnn1c23. The van der Waals surface area contributed by atoms with Crippen molar-refractivity contribution in [3.05, 3.63) is 77.1 Å². The van der Waals surface area contributed by atoms with Crippen molar-refractivity contribution in [2.24, 2.45) is 9.98 Å². The summed E-state index contributed by atoms with van der Waals surface area (Å²) in [5.74, 6) is -1.21. The molecule has 0 unspecified atom stereocenters.